The minimum Gasteiger partial charge on any atom is -0.741 e. The lowest BCUT2D eigenvalue weighted by Gasteiger charge is -2.08. The Morgan fingerprint density at radius 2 is 0.761 bits per heavy atom. The quantitative estimate of drug-likeness (QED) is 0.193. The van der Waals surface area contributed by atoms with Gasteiger partial charge in [-0.2, -0.15) is 52.7 Å². The van der Waals surface area contributed by atoms with Gasteiger partial charge in [-0.25, -0.2) is 52.7 Å². The highest BCUT2D eigenvalue weighted by molar-refractivity contribution is 7.86. The molecule has 0 aliphatic carbocycles. The second-order valence-corrected chi connectivity index (χ2v) is 10.0. The lowest BCUT2D eigenvalue weighted by atomic mass is 10.7. The molecule has 0 unspecified atom stereocenters. The van der Waals surface area contributed by atoms with Crippen molar-refractivity contribution in [3.63, 3.8) is 0 Å². The van der Waals surface area contributed by atoms with Gasteiger partial charge in [0.05, 0.1) is 27.2 Å². The first-order chi connectivity index (χ1) is 20.0. The summed E-state index contributed by atoms with van der Waals surface area (Å²) in [5.74, 6) is 0. The van der Waals surface area contributed by atoms with Crippen molar-refractivity contribution in [3.05, 3.63) is 37.4 Å². The molecule has 2 aromatic heterocycles. The minimum atomic E-state index is -6.09. The lowest BCUT2D eigenvalue weighted by molar-refractivity contribution is -0.671. The SMILES string of the molecule is CCn1cc[n+](C)c1.CCn1cc[n+](C)c1.FC(F)C(F)(F)F.FC(F)C(F)(F)F.O=S(=O)([O-])C(F)(F)F.O=S(=O)([O-])C(F)(F)F. The molecule has 0 spiro atoms. The van der Waals surface area contributed by atoms with Gasteiger partial charge in [0, 0.05) is 0 Å². The number of hydrogen-bond acceptors (Lipinski definition) is 6. The van der Waals surface area contributed by atoms with Crippen molar-refractivity contribution < 1.29 is 105 Å². The first-order valence-electron chi connectivity index (χ1n) is 10.8. The van der Waals surface area contributed by atoms with E-state index in [2.05, 4.69) is 48.0 Å². The van der Waals surface area contributed by atoms with Gasteiger partial charge in [-0.3, -0.25) is 0 Å². The molecule has 0 N–H and O–H groups in total. The van der Waals surface area contributed by atoms with Crippen molar-refractivity contribution in [1.82, 2.24) is 9.13 Å². The molecule has 0 atom stereocenters. The largest absolute Gasteiger partial charge is 0.741 e. The number of aryl methyl sites for hydroxylation is 4. The highest BCUT2D eigenvalue weighted by atomic mass is 32.2. The van der Waals surface area contributed by atoms with E-state index in [0.717, 1.165) is 13.1 Å². The van der Waals surface area contributed by atoms with E-state index in [4.69, 9.17) is 25.9 Å². The molecule has 0 saturated carbocycles. The first-order valence-corrected chi connectivity index (χ1v) is 13.6. The third-order valence-electron chi connectivity index (χ3n) is 3.44. The van der Waals surface area contributed by atoms with E-state index < -0.39 is 56.5 Å². The maximum absolute atomic E-state index is 10.7. The molecule has 46 heavy (non-hydrogen) atoms. The molecule has 276 valence electrons. The molecule has 28 heteroatoms. The molecule has 0 amide bonds. The third kappa shape index (κ3) is 27.4. The zero-order chi connectivity index (χ0) is 38.1. The molecular formula is C18H24F16N4O6S2. The van der Waals surface area contributed by atoms with Crippen LogP contribution in [0.5, 0.6) is 0 Å². The van der Waals surface area contributed by atoms with Crippen LogP contribution in [-0.2, 0) is 47.4 Å². The van der Waals surface area contributed by atoms with Gasteiger partial charge < -0.3 is 9.11 Å². The second-order valence-electron chi connectivity index (χ2n) is 7.30. The van der Waals surface area contributed by atoms with Crippen LogP contribution in [0.15, 0.2) is 37.4 Å². The average molecular weight is 761 g/mol. The summed E-state index contributed by atoms with van der Waals surface area (Å²) < 4.78 is 230. The van der Waals surface area contributed by atoms with Gasteiger partial charge in [0.1, 0.15) is 24.8 Å². The van der Waals surface area contributed by atoms with Gasteiger partial charge in [0.15, 0.2) is 20.2 Å². The molecule has 2 heterocycles. The van der Waals surface area contributed by atoms with E-state index in [9.17, 15) is 70.2 Å². The summed E-state index contributed by atoms with van der Waals surface area (Å²) in [5, 5.41) is 0. The molecule has 2 aromatic rings. The lowest BCUT2D eigenvalue weighted by Crippen LogP contribution is -2.23. The molecule has 0 bridgehead atoms. The summed E-state index contributed by atoms with van der Waals surface area (Å²) in [6, 6.07) is 0. The van der Waals surface area contributed by atoms with Crippen LogP contribution in [0.2, 0.25) is 0 Å². The van der Waals surface area contributed by atoms with Gasteiger partial charge in [-0.15, -0.1) is 0 Å². The zero-order valence-corrected chi connectivity index (χ0v) is 24.8. The van der Waals surface area contributed by atoms with E-state index >= 15 is 0 Å². The van der Waals surface area contributed by atoms with Crippen LogP contribution < -0.4 is 9.13 Å². The monoisotopic (exact) mass is 760 g/mol. The zero-order valence-electron chi connectivity index (χ0n) is 23.1. The summed E-state index contributed by atoms with van der Waals surface area (Å²) in [6.45, 7) is 6.36. The van der Waals surface area contributed by atoms with Crippen molar-refractivity contribution in [3.8, 4) is 0 Å². The Balaban J connectivity index is -0.000000230. The maximum atomic E-state index is 10.7. The number of alkyl halides is 16. The van der Waals surface area contributed by atoms with E-state index in [-0.39, 0.29) is 0 Å². The minimum absolute atomic E-state index is 1.06. The number of nitrogens with zero attached hydrogens (tertiary/aromatic N) is 4. The molecule has 0 radical (unpaired) electrons. The van der Waals surface area contributed by atoms with Crippen molar-refractivity contribution in [1.29, 1.82) is 0 Å². The van der Waals surface area contributed by atoms with E-state index in [0.29, 0.717) is 0 Å². The molecular weight excluding hydrogens is 736 g/mol. The molecule has 0 fully saturated rings. The summed E-state index contributed by atoms with van der Waals surface area (Å²) in [5.41, 5.74) is -11.3. The molecule has 0 aliphatic heterocycles. The van der Waals surface area contributed by atoms with Gasteiger partial charge >= 0.3 is 36.2 Å². The fourth-order valence-electron chi connectivity index (χ4n) is 1.38. The number of hydrogen-bond donors (Lipinski definition) is 0. The van der Waals surface area contributed by atoms with Gasteiger partial charge in [0.25, 0.3) is 0 Å². The van der Waals surface area contributed by atoms with Crippen LogP contribution in [0.4, 0.5) is 70.2 Å². The molecule has 0 aliphatic rings. The fraction of sp³-hybridized carbons (Fsp3) is 0.667. The Morgan fingerprint density at radius 3 is 0.804 bits per heavy atom. The average Bonchev–Trinajstić information content (AvgIpc) is 3.44. The predicted molar refractivity (Wildman–Crippen MR) is 118 cm³/mol. The van der Waals surface area contributed by atoms with E-state index in [1.165, 1.54) is 0 Å². The normalized spacial score (nSPS) is 12.2. The third-order valence-corrected chi connectivity index (χ3v) is 4.57. The van der Waals surface area contributed by atoms with Crippen LogP contribution in [0.25, 0.3) is 0 Å². The standard InChI is InChI=1S/2C6H11N2.2C2HF5.2CHF3O3S/c2*1-3-8-5-4-7(2)6-8;2*3-1(4)2(5,6)7;2*2-1(3,4)8(5,6)7/h2*4-6H,3H2,1-2H3;2*1H;2*(H,5,6,7)/q2*+1;;;;/p-2. The maximum Gasteiger partial charge on any atom is 0.485 e. The Bertz CT molecular complexity index is 1200. The Kier molecular flexibility index (Phi) is 22.1. The van der Waals surface area contributed by atoms with Crippen molar-refractivity contribution in [2.45, 2.75) is 63.2 Å². The van der Waals surface area contributed by atoms with Crippen LogP contribution in [0.3, 0.4) is 0 Å². The first kappa shape index (κ1) is 50.0. The fourth-order valence-corrected chi connectivity index (χ4v) is 1.38. The summed E-state index contributed by atoms with van der Waals surface area (Å²) in [6.07, 6.45) is -6.78. The van der Waals surface area contributed by atoms with Gasteiger partial charge in [-0.1, -0.05) is 0 Å². The van der Waals surface area contributed by atoms with Gasteiger partial charge in [-0.05, 0) is 13.8 Å². The van der Waals surface area contributed by atoms with Gasteiger partial charge in [0.2, 0.25) is 12.7 Å². The van der Waals surface area contributed by atoms with Crippen LogP contribution in [-0.4, -0.2) is 71.3 Å². The second kappa shape index (κ2) is 20.4. The summed E-state index contributed by atoms with van der Waals surface area (Å²) in [7, 11) is -8.14. The van der Waals surface area contributed by atoms with Crippen molar-refractivity contribution >= 4 is 20.2 Å². The number of aromatic nitrogens is 4. The van der Waals surface area contributed by atoms with E-state index in [1.54, 1.807) is 0 Å². The summed E-state index contributed by atoms with van der Waals surface area (Å²) in [4.78, 5) is 0. The highest BCUT2D eigenvalue weighted by Gasteiger charge is 2.41. The molecule has 10 nitrogen and oxygen atoms in total. The van der Waals surface area contributed by atoms with Crippen LogP contribution in [0, 0.1) is 0 Å². The Morgan fingerprint density at radius 1 is 0.587 bits per heavy atom. The molecule has 0 aromatic carbocycles. The highest BCUT2D eigenvalue weighted by Crippen LogP contribution is 2.24. The molecule has 2 rings (SSSR count). The van der Waals surface area contributed by atoms with Crippen LogP contribution >= 0.6 is 0 Å². The number of imidazole rings is 2. The Hall–Kier alpha value is -2.88. The predicted octanol–water partition coefficient (Wildman–Crippen LogP) is 4.40. The van der Waals surface area contributed by atoms with E-state index in [1.807, 2.05) is 35.6 Å². The Labute approximate surface area is 250 Å². The summed E-state index contributed by atoms with van der Waals surface area (Å²) >= 11 is 0. The topological polar surface area (TPSA) is 132 Å². The molecule has 0 saturated heterocycles. The van der Waals surface area contributed by atoms with Crippen molar-refractivity contribution in [2.24, 2.45) is 14.1 Å². The van der Waals surface area contributed by atoms with Crippen LogP contribution in [0.1, 0.15) is 13.8 Å². The number of rotatable bonds is 2. The van der Waals surface area contributed by atoms with Crippen molar-refractivity contribution in [2.75, 3.05) is 0 Å². The smallest absolute Gasteiger partial charge is 0.485 e. The number of halogens is 16.